The molecule has 0 radical (unpaired) electrons. The molecule has 0 aliphatic heterocycles. The zero-order chi connectivity index (χ0) is 17.0. The molecule has 0 unspecified atom stereocenters. The topological polar surface area (TPSA) is 42.0 Å². The third-order valence-electron chi connectivity index (χ3n) is 6.52. The zero-order valence-corrected chi connectivity index (χ0v) is 16.2. The maximum absolute atomic E-state index is 12.8. The van der Waals surface area contributed by atoms with E-state index in [1.54, 1.807) is 11.3 Å². The standard InChI is InChI=1S/C20H24N2OS2/c1-12-17(25-19(22-12)16-3-2-4-24-16)18(23)21-11-20-8-13-5-14(9-20)7-15(6-13)10-20/h2-4,13-15H,5-11H2,1H3,(H,21,23). The lowest BCUT2D eigenvalue weighted by molar-refractivity contribution is -0.0503. The zero-order valence-electron chi connectivity index (χ0n) is 14.6. The smallest absolute Gasteiger partial charge is 0.263 e. The van der Waals surface area contributed by atoms with Gasteiger partial charge in [-0.05, 0) is 80.1 Å². The van der Waals surface area contributed by atoms with E-state index in [1.807, 2.05) is 13.0 Å². The predicted octanol–water partition coefficient (Wildman–Crippen LogP) is 5.13. The molecular formula is C20H24N2OS2. The summed E-state index contributed by atoms with van der Waals surface area (Å²) in [6, 6.07) is 4.10. The maximum atomic E-state index is 12.8. The molecule has 4 fully saturated rings. The summed E-state index contributed by atoms with van der Waals surface area (Å²) in [6.07, 6.45) is 8.35. The van der Waals surface area contributed by atoms with E-state index in [-0.39, 0.29) is 5.91 Å². The molecule has 6 rings (SSSR count). The highest BCUT2D eigenvalue weighted by atomic mass is 32.1. The molecule has 0 saturated heterocycles. The quantitative estimate of drug-likeness (QED) is 0.809. The van der Waals surface area contributed by atoms with Crippen LogP contribution in [0.2, 0.25) is 0 Å². The minimum Gasteiger partial charge on any atom is -0.351 e. The second kappa shape index (κ2) is 5.92. The van der Waals surface area contributed by atoms with Gasteiger partial charge < -0.3 is 5.32 Å². The van der Waals surface area contributed by atoms with E-state index in [9.17, 15) is 4.79 Å². The molecule has 2 aromatic rings. The van der Waals surface area contributed by atoms with Gasteiger partial charge in [-0.25, -0.2) is 4.98 Å². The van der Waals surface area contributed by atoms with Crippen molar-refractivity contribution in [1.29, 1.82) is 0 Å². The summed E-state index contributed by atoms with van der Waals surface area (Å²) in [5.41, 5.74) is 1.25. The summed E-state index contributed by atoms with van der Waals surface area (Å²) in [5.74, 6) is 2.87. The molecule has 4 saturated carbocycles. The molecule has 0 atom stereocenters. The lowest BCUT2D eigenvalue weighted by Crippen LogP contribution is -2.51. The highest BCUT2D eigenvalue weighted by Gasteiger charge is 2.50. The Morgan fingerprint density at radius 3 is 2.52 bits per heavy atom. The minimum absolute atomic E-state index is 0.0774. The monoisotopic (exact) mass is 372 g/mol. The molecule has 3 nitrogen and oxygen atoms in total. The number of amides is 1. The van der Waals surface area contributed by atoms with Gasteiger partial charge in [0.25, 0.3) is 5.91 Å². The highest BCUT2D eigenvalue weighted by Crippen LogP contribution is 2.59. The van der Waals surface area contributed by atoms with Crippen molar-refractivity contribution in [2.45, 2.75) is 45.4 Å². The SMILES string of the molecule is Cc1nc(-c2cccs2)sc1C(=O)NCC12CC3CC(CC(C3)C1)C2. The number of aromatic nitrogens is 1. The Kier molecular flexibility index (Phi) is 3.79. The third-order valence-corrected chi connectivity index (χ3v) is 8.72. The van der Waals surface area contributed by atoms with E-state index < -0.39 is 0 Å². The Morgan fingerprint density at radius 2 is 1.92 bits per heavy atom. The molecule has 2 heterocycles. The summed E-state index contributed by atoms with van der Waals surface area (Å²) in [4.78, 5) is 19.4. The average Bonchev–Trinajstić information content (AvgIpc) is 3.21. The van der Waals surface area contributed by atoms with Crippen molar-refractivity contribution in [3.8, 4) is 9.88 Å². The summed E-state index contributed by atoms with van der Waals surface area (Å²) in [5, 5.41) is 6.31. The van der Waals surface area contributed by atoms with E-state index in [0.29, 0.717) is 5.41 Å². The van der Waals surface area contributed by atoms with Crippen molar-refractivity contribution in [2.24, 2.45) is 23.2 Å². The Labute approximate surface area is 156 Å². The van der Waals surface area contributed by atoms with Crippen molar-refractivity contribution in [3.05, 3.63) is 28.1 Å². The van der Waals surface area contributed by atoms with Gasteiger partial charge in [-0.2, -0.15) is 0 Å². The largest absolute Gasteiger partial charge is 0.351 e. The molecule has 132 valence electrons. The van der Waals surface area contributed by atoms with Gasteiger partial charge in [-0.3, -0.25) is 4.79 Å². The molecule has 4 bridgehead atoms. The first-order valence-corrected chi connectivity index (χ1v) is 11.1. The number of hydrogen-bond donors (Lipinski definition) is 1. The van der Waals surface area contributed by atoms with Crippen LogP contribution in [-0.4, -0.2) is 17.4 Å². The van der Waals surface area contributed by atoms with Crippen molar-refractivity contribution in [2.75, 3.05) is 6.54 Å². The van der Waals surface area contributed by atoms with Gasteiger partial charge in [0.2, 0.25) is 0 Å². The Bertz CT molecular complexity index is 757. The van der Waals surface area contributed by atoms with E-state index >= 15 is 0 Å². The number of nitrogens with zero attached hydrogens (tertiary/aromatic N) is 1. The third kappa shape index (κ3) is 2.85. The summed E-state index contributed by atoms with van der Waals surface area (Å²) < 4.78 is 0. The number of thiophene rings is 1. The van der Waals surface area contributed by atoms with Crippen LogP contribution in [0, 0.1) is 30.1 Å². The fourth-order valence-electron chi connectivity index (χ4n) is 5.97. The van der Waals surface area contributed by atoms with E-state index in [2.05, 4.69) is 21.7 Å². The summed E-state index contributed by atoms with van der Waals surface area (Å²) in [6.45, 7) is 2.81. The number of carbonyl (C=O) groups excluding carboxylic acids is 1. The van der Waals surface area contributed by atoms with Crippen LogP contribution in [0.15, 0.2) is 17.5 Å². The molecule has 4 aliphatic rings. The normalized spacial score (nSPS) is 32.9. The van der Waals surface area contributed by atoms with Crippen LogP contribution in [0.4, 0.5) is 0 Å². The fraction of sp³-hybridized carbons (Fsp3) is 0.600. The van der Waals surface area contributed by atoms with Crippen molar-refractivity contribution < 1.29 is 4.79 Å². The van der Waals surface area contributed by atoms with E-state index in [1.165, 1.54) is 49.9 Å². The van der Waals surface area contributed by atoms with E-state index in [4.69, 9.17) is 0 Å². The van der Waals surface area contributed by atoms with Gasteiger partial charge in [0.15, 0.2) is 0 Å². The Morgan fingerprint density at radius 1 is 1.24 bits per heavy atom. The van der Waals surface area contributed by atoms with Gasteiger partial charge in [0.05, 0.1) is 10.6 Å². The average molecular weight is 373 g/mol. The molecule has 1 amide bonds. The molecular weight excluding hydrogens is 348 g/mol. The number of hydrogen-bond acceptors (Lipinski definition) is 4. The number of thiazole rings is 1. The van der Waals surface area contributed by atoms with Crippen LogP contribution in [0.5, 0.6) is 0 Å². The molecule has 25 heavy (non-hydrogen) atoms. The Balaban J connectivity index is 1.30. The number of rotatable bonds is 4. The molecule has 1 N–H and O–H groups in total. The first-order chi connectivity index (χ1) is 12.1. The van der Waals surface area contributed by atoms with Gasteiger partial charge in [-0.1, -0.05) is 6.07 Å². The van der Waals surface area contributed by atoms with Crippen LogP contribution < -0.4 is 5.32 Å². The van der Waals surface area contributed by atoms with Crippen LogP contribution in [0.1, 0.15) is 53.9 Å². The minimum atomic E-state index is 0.0774. The molecule has 4 aliphatic carbocycles. The van der Waals surface area contributed by atoms with Crippen molar-refractivity contribution >= 4 is 28.6 Å². The van der Waals surface area contributed by atoms with Gasteiger partial charge >= 0.3 is 0 Å². The lowest BCUT2D eigenvalue weighted by Gasteiger charge is -2.56. The first-order valence-electron chi connectivity index (χ1n) is 9.40. The number of nitrogens with one attached hydrogen (secondary N) is 1. The molecule has 5 heteroatoms. The van der Waals surface area contributed by atoms with Crippen molar-refractivity contribution in [3.63, 3.8) is 0 Å². The van der Waals surface area contributed by atoms with Gasteiger partial charge in [-0.15, -0.1) is 22.7 Å². The summed E-state index contributed by atoms with van der Waals surface area (Å²) >= 11 is 3.21. The second-order valence-electron chi connectivity index (χ2n) is 8.51. The molecule has 0 spiro atoms. The van der Waals surface area contributed by atoms with Gasteiger partial charge in [0, 0.05) is 6.54 Å². The highest BCUT2D eigenvalue weighted by molar-refractivity contribution is 7.22. The first kappa shape index (κ1) is 16.0. The van der Waals surface area contributed by atoms with Crippen LogP contribution in [-0.2, 0) is 0 Å². The molecule has 0 aromatic carbocycles. The van der Waals surface area contributed by atoms with Crippen LogP contribution >= 0.6 is 22.7 Å². The van der Waals surface area contributed by atoms with Crippen LogP contribution in [0.3, 0.4) is 0 Å². The van der Waals surface area contributed by atoms with Gasteiger partial charge in [0.1, 0.15) is 9.88 Å². The maximum Gasteiger partial charge on any atom is 0.263 e. The number of carbonyl (C=O) groups is 1. The van der Waals surface area contributed by atoms with Crippen LogP contribution in [0.25, 0.3) is 9.88 Å². The second-order valence-corrected chi connectivity index (χ2v) is 10.5. The van der Waals surface area contributed by atoms with E-state index in [0.717, 1.165) is 44.8 Å². The predicted molar refractivity (Wildman–Crippen MR) is 103 cm³/mol. The van der Waals surface area contributed by atoms with Crippen molar-refractivity contribution in [1.82, 2.24) is 10.3 Å². The Hall–Kier alpha value is -1.20. The molecule has 2 aromatic heterocycles. The lowest BCUT2D eigenvalue weighted by atomic mass is 9.49. The summed E-state index contributed by atoms with van der Waals surface area (Å²) in [7, 11) is 0. The fourth-order valence-corrected chi connectivity index (χ4v) is 7.75. The number of aryl methyl sites for hydroxylation is 1.